The first-order valence-electron chi connectivity index (χ1n) is 6.47. The molecule has 5 nitrogen and oxygen atoms in total. The van der Waals surface area contributed by atoms with Gasteiger partial charge in [-0.2, -0.15) is 0 Å². The van der Waals surface area contributed by atoms with E-state index in [2.05, 4.69) is 5.32 Å². The molecule has 1 amide bonds. The van der Waals surface area contributed by atoms with Gasteiger partial charge in [0, 0.05) is 24.5 Å². The van der Waals surface area contributed by atoms with Crippen LogP contribution in [0.1, 0.15) is 33.8 Å². The molecule has 0 aromatic carbocycles. The Balaban J connectivity index is 1.73. The molecule has 0 bridgehead atoms. The van der Waals surface area contributed by atoms with Crippen LogP contribution in [-0.4, -0.2) is 41.5 Å². The lowest BCUT2D eigenvalue weighted by molar-refractivity contribution is -0.131. The summed E-state index contributed by atoms with van der Waals surface area (Å²) in [7, 11) is 0. The molecule has 1 aromatic heterocycles. The number of rotatable bonds is 5. The summed E-state index contributed by atoms with van der Waals surface area (Å²) in [6.07, 6.45) is 3.40. The second kappa shape index (κ2) is 6.68. The number of carboxylic acid groups (broad SMARTS) is 1. The van der Waals surface area contributed by atoms with Gasteiger partial charge in [-0.05, 0) is 31.4 Å². The summed E-state index contributed by atoms with van der Waals surface area (Å²) in [5, 5.41) is 11.9. The van der Waals surface area contributed by atoms with Crippen molar-refractivity contribution >= 4 is 23.2 Å². The van der Waals surface area contributed by atoms with Crippen LogP contribution in [0.5, 0.6) is 0 Å². The van der Waals surface area contributed by atoms with Crippen molar-refractivity contribution in [2.75, 3.05) is 19.6 Å². The molecule has 1 aromatic rings. The van der Waals surface area contributed by atoms with Crippen molar-refractivity contribution in [2.45, 2.75) is 25.8 Å². The summed E-state index contributed by atoms with van der Waals surface area (Å²) in [5.74, 6) is -0.768. The highest BCUT2D eigenvalue weighted by molar-refractivity contribution is 7.13. The van der Waals surface area contributed by atoms with Gasteiger partial charge in [-0.1, -0.05) is 0 Å². The fourth-order valence-electron chi connectivity index (χ4n) is 2.14. The highest BCUT2D eigenvalue weighted by Gasteiger charge is 2.15. The van der Waals surface area contributed by atoms with Crippen LogP contribution in [0, 0.1) is 0 Å². The number of carboxylic acids is 1. The van der Waals surface area contributed by atoms with Crippen molar-refractivity contribution in [1.29, 1.82) is 0 Å². The van der Waals surface area contributed by atoms with E-state index < -0.39 is 5.97 Å². The number of amides is 1. The number of hydrogen-bond acceptors (Lipinski definition) is 4. The minimum absolute atomic E-state index is 0.134. The molecule has 2 rings (SSSR count). The molecule has 0 atom stereocenters. The Kier molecular flexibility index (Phi) is 4.93. The molecule has 1 saturated heterocycles. The van der Waals surface area contributed by atoms with Crippen molar-refractivity contribution < 1.29 is 14.7 Å². The van der Waals surface area contributed by atoms with Crippen LogP contribution in [0.2, 0.25) is 0 Å². The summed E-state index contributed by atoms with van der Waals surface area (Å²) in [6.45, 7) is 2.59. The standard InChI is InChI=1S/C13H18N2O3S/c16-12(15-6-2-1-3-7-15)9-14-8-10-4-5-11(19-10)13(17)18/h4-5,14H,1-3,6-9H2,(H,17,18). The Labute approximate surface area is 116 Å². The molecule has 6 heteroatoms. The minimum Gasteiger partial charge on any atom is -0.477 e. The zero-order valence-corrected chi connectivity index (χ0v) is 11.5. The van der Waals surface area contributed by atoms with Crippen LogP contribution in [0.15, 0.2) is 12.1 Å². The van der Waals surface area contributed by atoms with Gasteiger partial charge in [0.05, 0.1) is 6.54 Å². The summed E-state index contributed by atoms with van der Waals surface area (Å²) >= 11 is 1.24. The smallest absolute Gasteiger partial charge is 0.345 e. The third kappa shape index (κ3) is 4.04. The number of thiophene rings is 1. The van der Waals surface area contributed by atoms with Gasteiger partial charge in [-0.25, -0.2) is 4.79 Å². The summed E-state index contributed by atoms with van der Waals surface area (Å²) in [4.78, 5) is 25.8. The maximum Gasteiger partial charge on any atom is 0.345 e. The lowest BCUT2D eigenvalue weighted by Gasteiger charge is -2.26. The predicted octanol–water partition coefficient (Wildman–Crippen LogP) is 1.55. The number of piperidine rings is 1. The van der Waals surface area contributed by atoms with Crippen molar-refractivity contribution in [3.05, 3.63) is 21.9 Å². The topological polar surface area (TPSA) is 69.6 Å². The van der Waals surface area contributed by atoms with Crippen molar-refractivity contribution in [1.82, 2.24) is 10.2 Å². The molecule has 2 N–H and O–H groups in total. The Morgan fingerprint density at radius 3 is 2.63 bits per heavy atom. The number of nitrogens with zero attached hydrogens (tertiary/aromatic N) is 1. The van der Waals surface area contributed by atoms with E-state index in [-0.39, 0.29) is 5.91 Å². The molecule has 0 spiro atoms. The van der Waals surface area contributed by atoms with Gasteiger partial charge in [0.25, 0.3) is 0 Å². The third-order valence-corrected chi connectivity index (χ3v) is 4.23. The maximum absolute atomic E-state index is 11.9. The van der Waals surface area contributed by atoms with Gasteiger partial charge in [-0.3, -0.25) is 4.79 Å². The summed E-state index contributed by atoms with van der Waals surface area (Å²) in [5.41, 5.74) is 0. The van der Waals surface area contributed by atoms with Gasteiger partial charge >= 0.3 is 5.97 Å². The summed E-state index contributed by atoms with van der Waals surface area (Å²) < 4.78 is 0. The largest absolute Gasteiger partial charge is 0.477 e. The van der Waals surface area contributed by atoms with Crippen LogP contribution in [0.3, 0.4) is 0 Å². The lowest BCUT2D eigenvalue weighted by atomic mass is 10.1. The SMILES string of the molecule is O=C(O)c1ccc(CNCC(=O)N2CCCCC2)s1. The minimum atomic E-state index is -0.902. The Bertz CT molecular complexity index is 452. The lowest BCUT2D eigenvalue weighted by Crippen LogP contribution is -2.40. The van der Waals surface area contributed by atoms with Crippen molar-refractivity contribution in [2.24, 2.45) is 0 Å². The van der Waals surface area contributed by atoms with Crippen molar-refractivity contribution in [3.63, 3.8) is 0 Å². The van der Waals surface area contributed by atoms with E-state index in [1.807, 2.05) is 4.90 Å². The highest BCUT2D eigenvalue weighted by Crippen LogP contribution is 2.16. The van der Waals surface area contributed by atoms with E-state index in [0.717, 1.165) is 30.8 Å². The monoisotopic (exact) mass is 282 g/mol. The molecular weight excluding hydrogens is 264 g/mol. The molecule has 2 heterocycles. The number of nitrogens with one attached hydrogen (secondary N) is 1. The van der Waals surface area contributed by atoms with Gasteiger partial charge in [0.15, 0.2) is 0 Å². The number of carbonyl (C=O) groups is 2. The first kappa shape index (κ1) is 14.0. The van der Waals surface area contributed by atoms with E-state index in [4.69, 9.17) is 5.11 Å². The molecule has 1 aliphatic rings. The molecule has 0 unspecified atom stereocenters. The average Bonchev–Trinajstić information content (AvgIpc) is 2.89. The quantitative estimate of drug-likeness (QED) is 0.859. The van der Waals surface area contributed by atoms with Crippen LogP contribution in [0.4, 0.5) is 0 Å². The Hall–Kier alpha value is -1.40. The Morgan fingerprint density at radius 1 is 1.26 bits per heavy atom. The fourth-order valence-corrected chi connectivity index (χ4v) is 2.95. The maximum atomic E-state index is 11.9. The highest BCUT2D eigenvalue weighted by atomic mass is 32.1. The van der Waals surface area contributed by atoms with E-state index >= 15 is 0 Å². The van der Waals surface area contributed by atoms with Crippen LogP contribution < -0.4 is 5.32 Å². The van der Waals surface area contributed by atoms with Gasteiger partial charge < -0.3 is 15.3 Å². The Morgan fingerprint density at radius 2 is 2.00 bits per heavy atom. The zero-order valence-electron chi connectivity index (χ0n) is 10.7. The van der Waals surface area contributed by atoms with E-state index in [1.54, 1.807) is 12.1 Å². The molecule has 0 aliphatic carbocycles. The average molecular weight is 282 g/mol. The normalized spacial score (nSPS) is 15.5. The zero-order chi connectivity index (χ0) is 13.7. The van der Waals surface area contributed by atoms with Gasteiger partial charge in [-0.15, -0.1) is 11.3 Å². The van der Waals surface area contributed by atoms with Crippen LogP contribution in [-0.2, 0) is 11.3 Å². The first-order valence-corrected chi connectivity index (χ1v) is 7.29. The molecule has 1 aliphatic heterocycles. The number of carbonyl (C=O) groups excluding carboxylic acids is 1. The predicted molar refractivity (Wildman–Crippen MR) is 73.4 cm³/mol. The van der Waals surface area contributed by atoms with E-state index in [9.17, 15) is 9.59 Å². The summed E-state index contributed by atoms with van der Waals surface area (Å²) in [6, 6.07) is 3.38. The first-order chi connectivity index (χ1) is 9.16. The van der Waals surface area contributed by atoms with Crippen molar-refractivity contribution in [3.8, 4) is 0 Å². The third-order valence-electron chi connectivity index (χ3n) is 3.16. The van der Waals surface area contributed by atoms with E-state index in [0.29, 0.717) is 18.0 Å². The molecule has 19 heavy (non-hydrogen) atoms. The molecule has 1 fully saturated rings. The second-order valence-electron chi connectivity index (χ2n) is 4.62. The number of likely N-dealkylation sites (tertiary alicyclic amines) is 1. The molecule has 104 valence electrons. The van der Waals surface area contributed by atoms with Crippen LogP contribution in [0.25, 0.3) is 0 Å². The molecule has 0 radical (unpaired) electrons. The van der Waals surface area contributed by atoms with Gasteiger partial charge in [0.1, 0.15) is 4.88 Å². The molecule has 0 saturated carbocycles. The second-order valence-corrected chi connectivity index (χ2v) is 5.78. The number of hydrogen-bond donors (Lipinski definition) is 2. The fraction of sp³-hybridized carbons (Fsp3) is 0.538. The molecular formula is C13H18N2O3S. The van der Waals surface area contributed by atoms with Crippen LogP contribution >= 0.6 is 11.3 Å². The van der Waals surface area contributed by atoms with Gasteiger partial charge in [0.2, 0.25) is 5.91 Å². The van der Waals surface area contributed by atoms with E-state index in [1.165, 1.54) is 17.8 Å². The number of aromatic carboxylic acids is 1.